The number of halogens is 4. The van der Waals surface area contributed by atoms with Gasteiger partial charge in [0.1, 0.15) is 0 Å². The number of hydrogen-bond donors (Lipinski definition) is 3. The molecule has 2 aromatic carbocycles. The molecule has 0 spiro atoms. The molecule has 1 aliphatic rings. The summed E-state index contributed by atoms with van der Waals surface area (Å²) >= 11 is 12.1. The highest BCUT2D eigenvalue weighted by molar-refractivity contribution is 14.0. The number of benzene rings is 2. The topological polar surface area (TPSA) is 59.9 Å². The Morgan fingerprint density at radius 2 is 1.83 bits per heavy atom. The van der Waals surface area contributed by atoms with Crippen LogP contribution in [0.1, 0.15) is 24.0 Å². The summed E-state index contributed by atoms with van der Waals surface area (Å²) in [5, 5.41) is 17.1. The molecule has 2 aromatic rings. The van der Waals surface area contributed by atoms with Gasteiger partial charge in [0.2, 0.25) is 0 Å². The van der Waals surface area contributed by atoms with E-state index in [1.165, 1.54) is 12.1 Å². The third-order valence-corrected chi connectivity index (χ3v) is 5.75. The highest BCUT2D eigenvalue weighted by Crippen LogP contribution is 2.24. The molecule has 1 saturated heterocycles. The average molecular weight is 567 g/mol. The summed E-state index contributed by atoms with van der Waals surface area (Å²) in [6.45, 7) is 3.21. The van der Waals surface area contributed by atoms with Crippen LogP contribution in [0.25, 0.3) is 0 Å². The zero-order chi connectivity index (χ0) is 20.8. The van der Waals surface area contributed by atoms with Gasteiger partial charge in [-0.15, -0.1) is 24.0 Å². The van der Waals surface area contributed by atoms with E-state index in [-0.39, 0.29) is 29.7 Å². The van der Waals surface area contributed by atoms with E-state index in [4.69, 9.17) is 23.2 Å². The molecule has 1 fully saturated rings. The van der Waals surface area contributed by atoms with Crippen molar-refractivity contribution in [2.24, 2.45) is 4.99 Å². The van der Waals surface area contributed by atoms with Crippen LogP contribution in [0.2, 0.25) is 10.0 Å². The molecule has 1 aliphatic heterocycles. The van der Waals surface area contributed by atoms with Gasteiger partial charge in [0, 0.05) is 39.3 Å². The first-order valence-corrected chi connectivity index (χ1v) is 10.3. The minimum absolute atomic E-state index is 0. The first-order valence-electron chi connectivity index (χ1n) is 9.55. The van der Waals surface area contributed by atoms with Crippen molar-refractivity contribution in [3.8, 4) is 5.75 Å². The molecule has 1 heterocycles. The van der Waals surface area contributed by atoms with Gasteiger partial charge < -0.3 is 15.7 Å². The molecule has 164 valence electrons. The Balaban J connectivity index is 0.00000320. The third kappa shape index (κ3) is 7.14. The molecule has 30 heavy (non-hydrogen) atoms. The maximum atomic E-state index is 13.5. The first-order chi connectivity index (χ1) is 13.9. The molecule has 0 radical (unpaired) electrons. The van der Waals surface area contributed by atoms with Crippen molar-refractivity contribution in [3.05, 3.63) is 63.4 Å². The first kappa shape index (κ1) is 25.0. The number of phenolic OH excluding ortho intramolecular Hbond substituents is 1. The maximum absolute atomic E-state index is 13.5. The lowest BCUT2D eigenvalue weighted by Crippen LogP contribution is -2.48. The van der Waals surface area contributed by atoms with Crippen molar-refractivity contribution in [2.75, 3.05) is 20.1 Å². The summed E-state index contributed by atoms with van der Waals surface area (Å²) in [7, 11) is 1.71. The standard InChI is InChI=1S/C21H25Cl2FN4O.HI/c1-25-21(26-12-14-3-5-20(29)19(24)11-14)27-16-6-8-28(9-7-16)13-15-2-4-17(22)18(23)10-15;/h2-5,10-11,16,29H,6-9,12-13H2,1H3,(H2,25,26,27);1H. The summed E-state index contributed by atoms with van der Waals surface area (Å²) in [6, 6.07) is 10.4. The van der Waals surface area contributed by atoms with E-state index in [1.807, 2.05) is 18.2 Å². The molecule has 0 aliphatic carbocycles. The number of guanidine groups is 1. The molecule has 0 atom stereocenters. The second-order valence-corrected chi connectivity index (χ2v) is 7.97. The molecule has 0 saturated carbocycles. The lowest BCUT2D eigenvalue weighted by Gasteiger charge is -2.33. The summed E-state index contributed by atoms with van der Waals surface area (Å²) < 4.78 is 13.5. The van der Waals surface area contributed by atoms with Gasteiger partial charge >= 0.3 is 0 Å². The van der Waals surface area contributed by atoms with E-state index < -0.39 is 5.82 Å². The fourth-order valence-electron chi connectivity index (χ4n) is 3.37. The summed E-state index contributed by atoms with van der Waals surface area (Å²) in [4.78, 5) is 6.65. The van der Waals surface area contributed by atoms with Crippen LogP contribution in [0.4, 0.5) is 4.39 Å². The van der Waals surface area contributed by atoms with Gasteiger partial charge in [-0.3, -0.25) is 9.89 Å². The molecule has 5 nitrogen and oxygen atoms in total. The summed E-state index contributed by atoms with van der Waals surface area (Å²) in [6.07, 6.45) is 1.99. The zero-order valence-corrected chi connectivity index (χ0v) is 20.5. The Labute approximate surface area is 203 Å². The van der Waals surface area contributed by atoms with Crippen LogP contribution >= 0.6 is 47.2 Å². The van der Waals surface area contributed by atoms with Crippen LogP contribution in [0, 0.1) is 5.82 Å². The number of nitrogens with zero attached hydrogens (tertiary/aromatic N) is 2. The van der Waals surface area contributed by atoms with Crippen LogP contribution in [0.3, 0.4) is 0 Å². The maximum Gasteiger partial charge on any atom is 0.191 e. The van der Waals surface area contributed by atoms with Crippen molar-refractivity contribution < 1.29 is 9.50 Å². The SMILES string of the molecule is CN=C(NCc1ccc(O)c(F)c1)NC1CCN(Cc2ccc(Cl)c(Cl)c2)CC1.I. The van der Waals surface area contributed by atoms with Gasteiger partial charge in [0.05, 0.1) is 10.0 Å². The minimum Gasteiger partial charge on any atom is -0.505 e. The number of rotatable bonds is 5. The van der Waals surface area contributed by atoms with Gasteiger partial charge in [-0.1, -0.05) is 35.3 Å². The Morgan fingerprint density at radius 1 is 1.13 bits per heavy atom. The molecule has 0 unspecified atom stereocenters. The van der Waals surface area contributed by atoms with E-state index in [2.05, 4.69) is 20.5 Å². The number of likely N-dealkylation sites (tertiary alicyclic amines) is 1. The van der Waals surface area contributed by atoms with Crippen molar-refractivity contribution in [1.29, 1.82) is 0 Å². The monoisotopic (exact) mass is 566 g/mol. The number of phenols is 1. The number of aliphatic imine (C=N–C) groups is 1. The van der Waals surface area contributed by atoms with Gasteiger partial charge in [0.25, 0.3) is 0 Å². The second-order valence-electron chi connectivity index (χ2n) is 7.15. The van der Waals surface area contributed by atoms with E-state index in [9.17, 15) is 9.50 Å². The number of hydrogen-bond acceptors (Lipinski definition) is 3. The fraction of sp³-hybridized carbons (Fsp3) is 0.381. The minimum atomic E-state index is -0.624. The molecule has 3 rings (SSSR count). The van der Waals surface area contributed by atoms with Crippen molar-refractivity contribution in [1.82, 2.24) is 15.5 Å². The van der Waals surface area contributed by atoms with Gasteiger partial charge in [0.15, 0.2) is 17.5 Å². The third-order valence-electron chi connectivity index (χ3n) is 5.01. The van der Waals surface area contributed by atoms with Crippen molar-refractivity contribution in [2.45, 2.75) is 32.0 Å². The average Bonchev–Trinajstić information content (AvgIpc) is 2.72. The van der Waals surface area contributed by atoms with Crippen molar-refractivity contribution in [3.63, 3.8) is 0 Å². The number of nitrogens with one attached hydrogen (secondary N) is 2. The Bertz CT molecular complexity index is 876. The van der Waals surface area contributed by atoms with Crippen molar-refractivity contribution >= 4 is 53.1 Å². The largest absolute Gasteiger partial charge is 0.505 e. The van der Waals surface area contributed by atoms with Gasteiger partial charge in [-0.25, -0.2) is 4.39 Å². The normalized spacial score (nSPS) is 15.5. The number of aromatic hydroxyl groups is 1. The number of piperidine rings is 1. The second kappa shape index (κ2) is 11.9. The molecule has 0 amide bonds. The van der Waals surface area contributed by atoms with Crippen LogP contribution in [0.5, 0.6) is 5.75 Å². The Hall–Kier alpha value is -1.29. The molecular formula is C21H26Cl2FIN4O. The molecule has 0 bridgehead atoms. The summed E-state index contributed by atoms with van der Waals surface area (Å²) in [5.41, 5.74) is 1.89. The van der Waals surface area contributed by atoms with Crippen LogP contribution in [0.15, 0.2) is 41.4 Å². The molecule has 9 heteroatoms. The molecular weight excluding hydrogens is 541 g/mol. The highest BCUT2D eigenvalue weighted by atomic mass is 127. The van der Waals surface area contributed by atoms with Crippen LogP contribution < -0.4 is 10.6 Å². The van der Waals surface area contributed by atoms with Crippen LogP contribution in [-0.2, 0) is 13.1 Å². The lowest BCUT2D eigenvalue weighted by molar-refractivity contribution is 0.198. The molecule has 3 N–H and O–H groups in total. The lowest BCUT2D eigenvalue weighted by atomic mass is 10.0. The smallest absolute Gasteiger partial charge is 0.191 e. The summed E-state index contributed by atoms with van der Waals surface area (Å²) in [5.74, 6) is -0.285. The van der Waals surface area contributed by atoms with E-state index >= 15 is 0 Å². The molecule has 0 aromatic heterocycles. The van der Waals surface area contributed by atoms with Gasteiger partial charge in [-0.2, -0.15) is 0 Å². The quantitative estimate of drug-likeness (QED) is 0.277. The predicted octanol–water partition coefficient (Wildman–Crippen LogP) is 4.79. The zero-order valence-electron chi connectivity index (χ0n) is 16.7. The van der Waals surface area contributed by atoms with Gasteiger partial charge in [-0.05, 0) is 48.2 Å². The fourth-order valence-corrected chi connectivity index (χ4v) is 3.69. The van der Waals surface area contributed by atoms with E-state index in [1.54, 1.807) is 13.1 Å². The Kier molecular flexibility index (Phi) is 9.93. The predicted molar refractivity (Wildman–Crippen MR) is 132 cm³/mol. The van der Waals surface area contributed by atoms with E-state index in [0.717, 1.165) is 43.6 Å². The van der Waals surface area contributed by atoms with Crippen LogP contribution in [-0.4, -0.2) is 42.1 Å². The Morgan fingerprint density at radius 3 is 2.47 bits per heavy atom. The van der Waals surface area contributed by atoms with E-state index in [0.29, 0.717) is 28.6 Å². The highest BCUT2D eigenvalue weighted by Gasteiger charge is 2.20.